The maximum Gasteiger partial charge on any atom is 0.420 e. The van der Waals surface area contributed by atoms with Gasteiger partial charge in [0, 0.05) is 17.7 Å². The monoisotopic (exact) mass is 351 g/mol. The maximum atomic E-state index is 12.0. The van der Waals surface area contributed by atoms with Crippen molar-refractivity contribution >= 4 is 23.3 Å². The van der Waals surface area contributed by atoms with Crippen LogP contribution in [-0.2, 0) is 0 Å². The van der Waals surface area contributed by atoms with Crippen molar-refractivity contribution in [1.29, 1.82) is 0 Å². The molecule has 0 fully saturated rings. The molecule has 4 aromatic rings. The summed E-state index contributed by atoms with van der Waals surface area (Å²) in [4.78, 5) is 16.3. The molecular weight excluding hydrogens is 334 g/mol. The van der Waals surface area contributed by atoms with Gasteiger partial charge in [0.05, 0.1) is 5.52 Å². The summed E-state index contributed by atoms with van der Waals surface area (Å²) in [6.45, 7) is 5.74. The van der Waals surface area contributed by atoms with Crippen LogP contribution in [0.15, 0.2) is 48.5 Å². The summed E-state index contributed by atoms with van der Waals surface area (Å²) in [5.41, 5.74) is 1.94. The highest BCUT2D eigenvalue weighted by atomic mass is 16.5. The van der Waals surface area contributed by atoms with Crippen LogP contribution in [0, 0.1) is 6.92 Å². The van der Waals surface area contributed by atoms with Gasteiger partial charge in [-0.3, -0.25) is 4.57 Å². The number of fused-ring (bicyclic) bond motifs is 1. The summed E-state index contributed by atoms with van der Waals surface area (Å²) in [6.07, 6.45) is 3.44. The lowest BCUT2D eigenvalue weighted by Crippen LogP contribution is -2.15. The van der Waals surface area contributed by atoms with Gasteiger partial charge in [-0.15, -0.1) is 0 Å². The Balaban J connectivity index is 1.65. The first-order chi connectivity index (χ1) is 12.5. The molecule has 0 aliphatic heterocycles. The molecule has 0 aliphatic carbocycles. The molecule has 0 spiro atoms. The Morgan fingerprint density at radius 2 is 1.96 bits per heavy atom. The molecule has 0 saturated carbocycles. The van der Waals surface area contributed by atoms with Gasteiger partial charge in [-0.25, -0.2) is 4.79 Å². The Kier molecular flexibility index (Phi) is 3.84. The second kappa shape index (κ2) is 6.18. The van der Waals surface area contributed by atoms with Gasteiger partial charge in [0.25, 0.3) is 5.89 Å². The van der Waals surface area contributed by atoms with E-state index in [-0.39, 0.29) is 11.8 Å². The molecule has 7 heteroatoms. The Bertz CT molecular complexity index is 1160. The van der Waals surface area contributed by atoms with Crippen molar-refractivity contribution in [3.8, 4) is 11.4 Å². The molecule has 0 N–H and O–H groups in total. The Hall–Kier alpha value is -3.35. The van der Waals surface area contributed by atoms with Crippen molar-refractivity contribution in [2.75, 3.05) is 0 Å². The van der Waals surface area contributed by atoms with E-state index in [1.54, 1.807) is 22.8 Å². The molecule has 0 radical (unpaired) electrons. The van der Waals surface area contributed by atoms with E-state index in [2.05, 4.69) is 10.1 Å². The SMILES string of the molecule is Cc1ccc(/C=C/c2nc(-c3ccc4c(c3)oc(=O)n4C(C)C)no2)o1. The number of aryl methyl sites for hydroxylation is 1. The van der Waals surface area contributed by atoms with Gasteiger partial charge >= 0.3 is 5.76 Å². The van der Waals surface area contributed by atoms with Gasteiger partial charge in [-0.05, 0) is 57.2 Å². The summed E-state index contributed by atoms with van der Waals surface area (Å²) >= 11 is 0. The third kappa shape index (κ3) is 2.88. The van der Waals surface area contributed by atoms with E-state index in [4.69, 9.17) is 13.4 Å². The van der Waals surface area contributed by atoms with E-state index in [0.717, 1.165) is 11.3 Å². The largest absolute Gasteiger partial charge is 0.462 e. The molecule has 3 aromatic heterocycles. The number of nitrogens with zero attached hydrogens (tertiary/aromatic N) is 3. The number of furan rings is 1. The zero-order valence-corrected chi connectivity index (χ0v) is 14.6. The lowest BCUT2D eigenvalue weighted by Gasteiger charge is -2.04. The summed E-state index contributed by atoms with van der Waals surface area (Å²) in [7, 11) is 0. The van der Waals surface area contributed by atoms with Crippen LogP contribution in [0.1, 0.15) is 37.3 Å². The van der Waals surface area contributed by atoms with Crippen LogP contribution in [0.5, 0.6) is 0 Å². The van der Waals surface area contributed by atoms with Crippen molar-refractivity contribution < 1.29 is 13.4 Å². The van der Waals surface area contributed by atoms with Gasteiger partial charge in [0.1, 0.15) is 11.5 Å². The first-order valence-electron chi connectivity index (χ1n) is 8.25. The first-order valence-corrected chi connectivity index (χ1v) is 8.25. The molecule has 1 aromatic carbocycles. The van der Waals surface area contributed by atoms with Crippen molar-refractivity contribution in [2.45, 2.75) is 26.8 Å². The predicted octanol–water partition coefficient (Wildman–Crippen LogP) is 4.30. The molecule has 26 heavy (non-hydrogen) atoms. The zero-order valence-electron chi connectivity index (χ0n) is 14.6. The van der Waals surface area contributed by atoms with Crippen molar-refractivity contribution in [3.63, 3.8) is 0 Å². The average Bonchev–Trinajstić information content (AvgIpc) is 3.29. The molecule has 132 valence electrons. The number of rotatable bonds is 4. The van der Waals surface area contributed by atoms with Gasteiger partial charge in [-0.1, -0.05) is 5.16 Å². The molecule has 0 aliphatic rings. The molecule has 0 bridgehead atoms. The van der Waals surface area contributed by atoms with Gasteiger partial charge in [0.2, 0.25) is 5.82 Å². The molecule has 0 atom stereocenters. The van der Waals surface area contributed by atoms with E-state index in [1.807, 2.05) is 45.0 Å². The third-order valence-corrected chi connectivity index (χ3v) is 3.98. The highest BCUT2D eigenvalue weighted by Crippen LogP contribution is 2.24. The lowest BCUT2D eigenvalue weighted by molar-refractivity contribution is 0.411. The minimum atomic E-state index is -0.377. The highest BCUT2D eigenvalue weighted by Gasteiger charge is 2.14. The van der Waals surface area contributed by atoms with E-state index in [9.17, 15) is 4.79 Å². The summed E-state index contributed by atoms with van der Waals surface area (Å²) in [5.74, 6) is 1.94. The summed E-state index contributed by atoms with van der Waals surface area (Å²) in [6, 6.07) is 9.16. The third-order valence-electron chi connectivity index (χ3n) is 3.98. The number of hydrogen-bond donors (Lipinski definition) is 0. The van der Waals surface area contributed by atoms with Crippen molar-refractivity contribution in [1.82, 2.24) is 14.7 Å². The summed E-state index contributed by atoms with van der Waals surface area (Å²) < 4.78 is 17.6. The molecule has 3 heterocycles. The van der Waals surface area contributed by atoms with Gasteiger partial charge < -0.3 is 13.4 Å². The number of aromatic nitrogens is 3. The van der Waals surface area contributed by atoms with Crippen LogP contribution < -0.4 is 5.76 Å². The van der Waals surface area contributed by atoms with Gasteiger partial charge in [0.15, 0.2) is 5.58 Å². The number of hydrogen-bond acceptors (Lipinski definition) is 6. The fraction of sp³-hybridized carbons (Fsp3) is 0.211. The van der Waals surface area contributed by atoms with E-state index in [0.29, 0.717) is 28.6 Å². The Labute approximate surface area is 148 Å². The molecule has 0 saturated heterocycles. The van der Waals surface area contributed by atoms with Crippen LogP contribution in [-0.4, -0.2) is 14.7 Å². The maximum absolute atomic E-state index is 12.0. The minimum Gasteiger partial charge on any atom is -0.462 e. The molecule has 7 nitrogen and oxygen atoms in total. The van der Waals surface area contributed by atoms with Crippen molar-refractivity contribution in [3.05, 3.63) is 58.3 Å². The fourth-order valence-electron chi connectivity index (χ4n) is 2.78. The minimum absolute atomic E-state index is 0.0155. The average molecular weight is 351 g/mol. The highest BCUT2D eigenvalue weighted by molar-refractivity contribution is 5.79. The van der Waals surface area contributed by atoms with E-state index >= 15 is 0 Å². The quantitative estimate of drug-likeness (QED) is 0.545. The fourth-order valence-corrected chi connectivity index (χ4v) is 2.78. The van der Waals surface area contributed by atoms with Crippen LogP contribution in [0.2, 0.25) is 0 Å². The molecule has 0 amide bonds. The van der Waals surface area contributed by atoms with Crippen LogP contribution in [0.4, 0.5) is 0 Å². The van der Waals surface area contributed by atoms with Crippen LogP contribution >= 0.6 is 0 Å². The smallest absolute Gasteiger partial charge is 0.420 e. The normalized spacial score (nSPS) is 12.0. The first kappa shape index (κ1) is 16.1. The van der Waals surface area contributed by atoms with E-state index in [1.165, 1.54) is 0 Å². The molecular formula is C19H17N3O4. The lowest BCUT2D eigenvalue weighted by atomic mass is 10.2. The zero-order chi connectivity index (χ0) is 18.3. The Morgan fingerprint density at radius 1 is 1.12 bits per heavy atom. The predicted molar refractivity (Wildman–Crippen MR) is 96.5 cm³/mol. The van der Waals surface area contributed by atoms with Crippen LogP contribution in [0.25, 0.3) is 34.6 Å². The van der Waals surface area contributed by atoms with Crippen molar-refractivity contribution in [2.24, 2.45) is 0 Å². The second-order valence-electron chi connectivity index (χ2n) is 6.25. The summed E-state index contributed by atoms with van der Waals surface area (Å²) in [5, 5.41) is 3.98. The van der Waals surface area contributed by atoms with E-state index < -0.39 is 0 Å². The van der Waals surface area contributed by atoms with Gasteiger partial charge in [-0.2, -0.15) is 4.98 Å². The molecule has 0 unspecified atom stereocenters. The second-order valence-corrected chi connectivity index (χ2v) is 6.25. The van der Waals surface area contributed by atoms with Crippen LogP contribution in [0.3, 0.4) is 0 Å². The number of benzene rings is 1. The Morgan fingerprint density at radius 3 is 2.69 bits per heavy atom. The molecule has 4 rings (SSSR count). The number of oxazole rings is 1. The topological polar surface area (TPSA) is 87.2 Å². The standard InChI is InChI=1S/C19H17N3O4/c1-11(2)22-15-8-5-13(10-16(15)25-19(22)23)18-20-17(26-21-18)9-7-14-6-4-12(3)24-14/h4-11H,1-3H3/b9-7+.